The molecule has 0 radical (unpaired) electrons. The fourth-order valence-corrected chi connectivity index (χ4v) is 2.60. The third-order valence-electron chi connectivity index (χ3n) is 3.87. The first kappa shape index (κ1) is 15.0. The van der Waals surface area contributed by atoms with Crippen molar-refractivity contribution in [2.24, 2.45) is 5.92 Å². The van der Waals surface area contributed by atoms with Crippen molar-refractivity contribution >= 4 is 10.9 Å². The number of hydrogen-bond donors (Lipinski definition) is 2. The molecule has 0 saturated carbocycles. The predicted molar refractivity (Wildman–Crippen MR) is 82.6 cm³/mol. The van der Waals surface area contributed by atoms with Gasteiger partial charge in [-0.1, -0.05) is 31.5 Å². The van der Waals surface area contributed by atoms with Gasteiger partial charge in [0.2, 0.25) is 0 Å². The molecule has 1 atom stereocenters. The molecular formula is C16H25N3O. The van der Waals surface area contributed by atoms with Crippen molar-refractivity contribution in [2.75, 3.05) is 13.2 Å². The van der Waals surface area contributed by atoms with Crippen LogP contribution in [0.3, 0.4) is 0 Å². The third kappa shape index (κ3) is 3.38. The van der Waals surface area contributed by atoms with Crippen LogP contribution in [0, 0.1) is 5.92 Å². The number of nitrogens with zero attached hydrogens (tertiary/aromatic N) is 2. The largest absolute Gasteiger partial charge is 0.396 e. The summed E-state index contributed by atoms with van der Waals surface area (Å²) in [6.45, 7) is 7.17. The number of aliphatic hydroxyl groups excluding tert-OH is 1. The van der Waals surface area contributed by atoms with E-state index in [2.05, 4.69) is 53.2 Å². The maximum atomic E-state index is 9.02. The van der Waals surface area contributed by atoms with Gasteiger partial charge < -0.3 is 10.4 Å². The Morgan fingerprint density at radius 2 is 2.10 bits per heavy atom. The quantitative estimate of drug-likeness (QED) is 0.778. The van der Waals surface area contributed by atoms with Crippen molar-refractivity contribution in [2.45, 2.75) is 39.8 Å². The lowest BCUT2D eigenvalue weighted by atomic mass is 10.0. The van der Waals surface area contributed by atoms with Gasteiger partial charge in [-0.25, -0.2) is 0 Å². The molecule has 2 N–H and O–H groups in total. The molecule has 1 aromatic carbocycles. The summed E-state index contributed by atoms with van der Waals surface area (Å²) >= 11 is 0. The van der Waals surface area contributed by atoms with E-state index in [4.69, 9.17) is 5.11 Å². The minimum atomic E-state index is 0.271. The van der Waals surface area contributed by atoms with E-state index in [1.165, 1.54) is 10.9 Å². The summed E-state index contributed by atoms with van der Waals surface area (Å²) in [6.07, 6.45) is 1.96. The first-order chi connectivity index (χ1) is 9.80. The van der Waals surface area contributed by atoms with Crippen molar-refractivity contribution < 1.29 is 5.11 Å². The number of aromatic nitrogens is 2. The van der Waals surface area contributed by atoms with Gasteiger partial charge in [0.05, 0.1) is 11.2 Å². The second-order valence-electron chi connectivity index (χ2n) is 5.20. The van der Waals surface area contributed by atoms with Crippen LogP contribution < -0.4 is 5.32 Å². The van der Waals surface area contributed by atoms with E-state index in [1.54, 1.807) is 0 Å². The van der Waals surface area contributed by atoms with Gasteiger partial charge in [-0.05, 0) is 31.9 Å². The maximum absolute atomic E-state index is 9.02. The van der Waals surface area contributed by atoms with E-state index >= 15 is 0 Å². The Morgan fingerprint density at radius 1 is 1.30 bits per heavy atom. The standard InChI is InChI=1S/C16H25N3O/c1-3-13(9-10-20)11-17-12-15-14-7-5-6-8-16(14)19(4-2)18-15/h5-8,13,17,20H,3-4,9-12H2,1-2H3. The number of aryl methyl sites for hydroxylation is 1. The molecule has 0 saturated heterocycles. The maximum Gasteiger partial charge on any atom is 0.0841 e. The molecule has 0 bridgehead atoms. The van der Waals surface area contributed by atoms with Crippen molar-refractivity contribution in [3.05, 3.63) is 30.0 Å². The van der Waals surface area contributed by atoms with Crippen molar-refractivity contribution in [3.8, 4) is 0 Å². The topological polar surface area (TPSA) is 50.1 Å². The number of hydrogen-bond acceptors (Lipinski definition) is 3. The number of nitrogens with one attached hydrogen (secondary N) is 1. The van der Waals surface area contributed by atoms with Gasteiger partial charge in [-0.2, -0.15) is 5.10 Å². The Bertz CT molecular complexity index is 536. The highest BCUT2D eigenvalue weighted by molar-refractivity contribution is 5.81. The molecule has 2 aromatic rings. The molecule has 1 unspecified atom stereocenters. The lowest BCUT2D eigenvalue weighted by molar-refractivity contribution is 0.251. The van der Waals surface area contributed by atoms with E-state index in [9.17, 15) is 0 Å². The lowest BCUT2D eigenvalue weighted by Gasteiger charge is -2.13. The van der Waals surface area contributed by atoms with E-state index < -0.39 is 0 Å². The van der Waals surface area contributed by atoms with E-state index in [0.717, 1.165) is 38.2 Å². The predicted octanol–water partition coefficient (Wildman–Crippen LogP) is 2.55. The van der Waals surface area contributed by atoms with Gasteiger partial charge in [0.1, 0.15) is 0 Å². The van der Waals surface area contributed by atoms with E-state index in [0.29, 0.717) is 5.92 Å². The molecule has 4 nitrogen and oxygen atoms in total. The van der Waals surface area contributed by atoms with Gasteiger partial charge >= 0.3 is 0 Å². The van der Waals surface area contributed by atoms with Gasteiger partial charge in [-0.15, -0.1) is 0 Å². The molecular weight excluding hydrogens is 250 g/mol. The zero-order chi connectivity index (χ0) is 14.4. The molecule has 2 rings (SSSR count). The van der Waals surface area contributed by atoms with Crippen LogP contribution in [0.25, 0.3) is 10.9 Å². The van der Waals surface area contributed by atoms with Crippen LogP contribution in [0.1, 0.15) is 32.4 Å². The Labute approximate surface area is 120 Å². The van der Waals surface area contributed by atoms with Crippen LogP contribution in [0.4, 0.5) is 0 Å². The summed E-state index contributed by atoms with van der Waals surface area (Å²) in [5, 5.41) is 18.4. The highest BCUT2D eigenvalue weighted by Crippen LogP contribution is 2.18. The van der Waals surface area contributed by atoms with Crippen molar-refractivity contribution in [1.29, 1.82) is 0 Å². The summed E-state index contributed by atoms with van der Waals surface area (Å²) in [6, 6.07) is 8.38. The minimum Gasteiger partial charge on any atom is -0.396 e. The normalized spacial score (nSPS) is 12.9. The molecule has 1 heterocycles. The van der Waals surface area contributed by atoms with E-state index in [1.807, 2.05) is 0 Å². The van der Waals surface area contributed by atoms with Crippen LogP contribution in [-0.2, 0) is 13.1 Å². The smallest absolute Gasteiger partial charge is 0.0841 e. The average molecular weight is 275 g/mol. The summed E-state index contributed by atoms with van der Waals surface area (Å²) in [5.41, 5.74) is 2.32. The fourth-order valence-electron chi connectivity index (χ4n) is 2.60. The molecule has 0 amide bonds. The molecule has 20 heavy (non-hydrogen) atoms. The molecule has 1 aromatic heterocycles. The summed E-state index contributed by atoms with van der Waals surface area (Å²) in [5.74, 6) is 0.541. The fraction of sp³-hybridized carbons (Fsp3) is 0.562. The SMILES string of the molecule is CCC(CCO)CNCc1nn(CC)c2ccccc12. The third-order valence-corrected chi connectivity index (χ3v) is 3.87. The van der Waals surface area contributed by atoms with Gasteiger partial charge in [0.15, 0.2) is 0 Å². The molecule has 0 aliphatic carbocycles. The van der Waals surface area contributed by atoms with Crippen LogP contribution >= 0.6 is 0 Å². The second-order valence-corrected chi connectivity index (χ2v) is 5.20. The summed E-state index contributed by atoms with van der Waals surface area (Å²) in [4.78, 5) is 0. The number of benzene rings is 1. The first-order valence-corrected chi connectivity index (χ1v) is 7.56. The molecule has 0 spiro atoms. The van der Waals surface area contributed by atoms with Crippen molar-refractivity contribution in [3.63, 3.8) is 0 Å². The second kappa shape index (κ2) is 7.41. The van der Waals surface area contributed by atoms with Crippen LogP contribution in [0.2, 0.25) is 0 Å². The highest BCUT2D eigenvalue weighted by atomic mass is 16.3. The number of aliphatic hydroxyl groups is 1. The van der Waals surface area contributed by atoms with Gasteiger partial charge in [-0.3, -0.25) is 4.68 Å². The Kier molecular flexibility index (Phi) is 5.56. The number of fused-ring (bicyclic) bond motifs is 1. The monoisotopic (exact) mass is 275 g/mol. The number of rotatable bonds is 8. The molecule has 0 aliphatic rings. The zero-order valence-corrected chi connectivity index (χ0v) is 12.5. The van der Waals surface area contributed by atoms with Gasteiger partial charge in [0.25, 0.3) is 0 Å². The highest BCUT2D eigenvalue weighted by Gasteiger charge is 2.10. The van der Waals surface area contributed by atoms with E-state index in [-0.39, 0.29) is 6.61 Å². The minimum absolute atomic E-state index is 0.271. The first-order valence-electron chi connectivity index (χ1n) is 7.56. The average Bonchev–Trinajstić information content (AvgIpc) is 2.85. The van der Waals surface area contributed by atoms with Crippen LogP contribution in [0.5, 0.6) is 0 Å². The Hall–Kier alpha value is -1.39. The Morgan fingerprint density at radius 3 is 2.80 bits per heavy atom. The van der Waals surface area contributed by atoms with Crippen LogP contribution in [-0.4, -0.2) is 28.0 Å². The van der Waals surface area contributed by atoms with Crippen molar-refractivity contribution in [1.82, 2.24) is 15.1 Å². The number of para-hydroxylation sites is 1. The van der Waals surface area contributed by atoms with Gasteiger partial charge in [0, 0.05) is 25.1 Å². The lowest BCUT2D eigenvalue weighted by Crippen LogP contribution is -2.23. The molecule has 0 aliphatic heterocycles. The summed E-state index contributed by atoms with van der Waals surface area (Å²) < 4.78 is 2.05. The zero-order valence-electron chi connectivity index (χ0n) is 12.5. The van der Waals surface area contributed by atoms with Crippen LogP contribution in [0.15, 0.2) is 24.3 Å². The molecule has 4 heteroatoms. The summed E-state index contributed by atoms with van der Waals surface area (Å²) in [7, 11) is 0. The Balaban J connectivity index is 2.03. The molecule has 110 valence electrons. The molecule has 0 fully saturated rings.